The molecule has 1 saturated heterocycles. The Hall–Kier alpha value is -1.14. The molecule has 102 valence electrons. The smallest absolute Gasteiger partial charge is 0.407 e. The summed E-state index contributed by atoms with van der Waals surface area (Å²) in [7, 11) is 0. The maximum atomic E-state index is 11.6. The first kappa shape index (κ1) is 14.3. The van der Waals surface area contributed by atoms with Crippen LogP contribution in [0.15, 0.2) is 30.3 Å². The molecule has 2 atom stereocenters. The summed E-state index contributed by atoms with van der Waals surface area (Å²) in [4.78, 5) is 22.2. The molecule has 1 aliphatic rings. The molecule has 1 unspecified atom stereocenters. The highest BCUT2D eigenvalue weighted by molar-refractivity contribution is 8.06. The lowest BCUT2D eigenvalue weighted by molar-refractivity contribution is -0.110. The molecule has 4 nitrogen and oxygen atoms in total. The fourth-order valence-corrected chi connectivity index (χ4v) is 2.46. The highest BCUT2D eigenvalue weighted by atomic mass is 32.2. The van der Waals surface area contributed by atoms with Gasteiger partial charge in [-0.2, -0.15) is 11.8 Å². The number of amides is 1. The van der Waals surface area contributed by atoms with E-state index in [1.54, 1.807) is 11.8 Å². The SMILES string of the molecule is O=C(S)CNC(=O)OC(Cc1ccccc1)[C@H]1CS1. The minimum Gasteiger partial charge on any atom is -0.445 e. The molecule has 1 amide bonds. The van der Waals surface area contributed by atoms with Crippen molar-refractivity contribution >= 4 is 35.6 Å². The lowest BCUT2D eigenvalue weighted by Crippen LogP contribution is -2.34. The molecule has 0 bridgehead atoms. The van der Waals surface area contributed by atoms with Gasteiger partial charge in [0, 0.05) is 12.2 Å². The minimum atomic E-state index is -0.559. The van der Waals surface area contributed by atoms with Crippen LogP contribution in [-0.4, -0.2) is 34.9 Å². The number of benzene rings is 1. The highest BCUT2D eigenvalue weighted by Crippen LogP contribution is 2.36. The van der Waals surface area contributed by atoms with Gasteiger partial charge in [-0.05, 0) is 5.56 Å². The number of nitrogens with one attached hydrogen (secondary N) is 1. The Kier molecular flexibility index (Phi) is 5.15. The van der Waals surface area contributed by atoms with Crippen LogP contribution < -0.4 is 5.32 Å². The number of thioether (sulfide) groups is 1. The minimum absolute atomic E-state index is 0.113. The van der Waals surface area contributed by atoms with Crippen molar-refractivity contribution in [1.29, 1.82) is 0 Å². The van der Waals surface area contributed by atoms with E-state index in [0.717, 1.165) is 11.3 Å². The molecule has 6 heteroatoms. The van der Waals surface area contributed by atoms with E-state index in [4.69, 9.17) is 4.74 Å². The Labute approximate surface area is 121 Å². The third-order valence-corrected chi connectivity index (χ3v) is 3.88. The number of thiol groups is 1. The molecule has 2 rings (SSSR count). The maximum Gasteiger partial charge on any atom is 0.407 e. The first-order valence-electron chi connectivity index (χ1n) is 5.97. The van der Waals surface area contributed by atoms with Crippen molar-refractivity contribution in [1.82, 2.24) is 5.32 Å². The summed E-state index contributed by atoms with van der Waals surface area (Å²) >= 11 is 5.36. The molecule has 1 heterocycles. The lowest BCUT2D eigenvalue weighted by Gasteiger charge is -2.16. The summed E-state index contributed by atoms with van der Waals surface area (Å²) in [5, 5.41) is 2.35. The summed E-state index contributed by atoms with van der Waals surface area (Å²) in [5.74, 6) is 1.01. The van der Waals surface area contributed by atoms with E-state index < -0.39 is 11.2 Å². The number of carbonyl (C=O) groups excluding carboxylic acids is 2. The van der Waals surface area contributed by atoms with Crippen molar-refractivity contribution in [2.45, 2.75) is 17.8 Å². The molecule has 0 aromatic heterocycles. The second-order valence-electron chi connectivity index (χ2n) is 4.25. The Balaban J connectivity index is 1.86. The monoisotopic (exact) mass is 297 g/mol. The van der Waals surface area contributed by atoms with E-state index >= 15 is 0 Å². The first-order chi connectivity index (χ1) is 9.15. The van der Waals surface area contributed by atoms with Gasteiger partial charge in [0.2, 0.25) is 5.12 Å². The number of hydrogen-bond donors (Lipinski definition) is 2. The van der Waals surface area contributed by atoms with Crippen LogP contribution in [0, 0.1) is 0 Å². The van der Waals surface area contributed by atoms with E-state index in [1.807, 2.05) is 30.3 Å². The number of rotatable bonds is 6. The Bertz CT molecular complexity index is 448. The number of hydrogen-bond acceptors (Lipinski definition) is 4. The molecule has 0 saturated carbocycles. The summed E-state index contributed by atoms with van der Waals surface area (Å²) in [6.45, 7) is -0.113. The second kappa shape index (κ2) is 6.86. The molecule has 0 aliphatic carbocycles. The fraction of sp³-hybridized carbons (Fsp3) is 0.385. The molecule has 1 aliphatic heterocycles. The normalized spacial score (nSPS) is 18.5. The number of carbonyl (C=O) groups is 2. The number of alkyl carbamates (subject to hydrolysis) is 1. The predicted octanol–water partition coefficient (Wildman–Crippen LogP) is 1.90. The van der Waals surface area contributed by atoms with Gasteiger partial charge in [0.05, 0.1) is 11.8 Å². The van der Waals surface area contributed by atoms with E-state index in [9.17, 15) is 9.59 Å². The van der Waals surface area contributed by atoms with Gasteiger partial charge in [-0.3, -0.25) is 4.79 Å². The van der Waals surface area contributed by atoms with Gasteiger partial charge >= 0.3 is 6.09 Å². The highest BCUT2D eigenvalue weighted by Gasteiger charge is 2.35. The molecule has 19 heavy (non-hydrogen) atoms. The van der Waals surface area contributed by atoms with Crippen molar-refractivity contribution in [2.24, 2.45) is 0 Å². The van der Waals surface area contributed by atoms with E-state index in [-0.39, 0.29) is 12.6 Å². The van der Waals surface area contributed by atoms with Crippen LogP contribution in [-0.2, 0) is 16.0 Å². The van der Waals surface area contributed by atoms with E-state index in [0.29, 0.717) is 11.7 Å². The van der Waals surface area contributed by atoms with Crippen molar-refractivity contribution in [3.05, 3.63) is 35.9 Å². The summed E-state index contributed by atoms with van der Waals surface area (Å²) in [5.41, 5.74) is 1.14. The largest absolute Gasteiger partial charge is 0.445 e. The topological polar surface area (TPSA) is 55.4 Å². The molecule has 0 radical (unpaired) electrons. The van der Waals surface area contributed by atoms with E-state index in [1.165, 1.54) is 0 Å². The van der Waals surface area contributed by atoms with Gasteiger partial charge in [-0.25, -0.2) is 4.79 Å². The van der Waals surface area contributed by atoms with Crippen molar-refractivity contribution < 1.29 is 14.3 Å². The van der Waals surface area contributed by atoms with Crippen LogP contribution in [0.5, 0.6) is 0 Å². The zero-order valence-electron chi connectivity index (χ0n) is 10.2. The van der Waals surface area contributed by atoms with Gasteiger partial charge in [0.25, 0.3) is 0 Å². The predicted molar refractivity (Wildman–Crippen MR) is 78.7 cm³/mol. The molecule has 1 aromatic rings. The molecular weight excluding hydrogens is 282 g/mol. The molecule has 1 fully saturated rings. The standard InChI is InChI=1S/C13H15NO3S2/c15-12(18)7-14-13(16)17-10(11-8-19-11)6-9-4-2-1-3-5-9/h1-5,10-11H,6-8H2,(H,14,16)(H,15,18)/t10?,11-/m1/s1. The van der Waals surface area contributed by atoms with Gasteiger partial charge < -0.3 is 10.1 Å². The third kappa shape index (κ3) is 5.16. The Morgan fingerprint density at radius 1 is 1.42 bits per heavy atom. The van der Waals surface area contributed by atoms with Gasteiger partial charge in [0.1, 0.15) is 6.10 Å². The summed E-state index contributed by atoms with van der Waals surface area (Å²) in [6.07, 6.45) is -0.0148. The first-order valence-corrected chi connectivity index (χ1v) is 7.46. The van der Waals surface area contributed by atoms with Crippen LogP contribution in [0.25, 0.3) is 0 Å². The maximum absolute atomic E-state index is 11.6. The van der Waals surface area contributed by atoms with Crippen LogP contribution >= 0.6 is 24.4 Å². The number of ether oxygens (including phenoxy) is 1. The lowest BCUT2D eigenvalue weighted by atomic mass is 10.1. The average molecular weight is 297 g/mol. The van der Waals surface area contributed by atoms with Crippen LogP contribution in [0.1, 0.15) is 5.56 Å². The Morgan fingerprint density at radius 2 is 2.11 bits per heavy atom. The van der Waals surface area contributed by atoms with Crippen molar-refractivity contribution in [2.75, 3.05) is 12.3 Å². The van der Waals surface area contributed by atoms with Crippen molar-refractivity contribution in [3.63, 3.8) is 0 Å². The Morgan fingerprint density at radius 3 is 2.68 bits per heavy atom. The fourth-order valence-electron chi connectivity index (χ4n) is 1.69. The van der Waals surface area contributed by atoms with Gasteiger partial charge in [-0.15, -0.1) is 12.6 Å². The third-order valence-electron chi connectivity index (χ3n) is 2.70. The van der Waals surface area contributed by atoms with Gasteiger partial charge in [-0.1, -0.05) is 30.3 Å². The van der Waals surface area contributed by atoms with E-state index in [2.05, 4.69) is 17.9 Å². The quantitative estimate of drug-likeness (QED) is 0.622. The zero-order valence-corrected chi connectivity index (χ0v) is 12.0. The average Bonchev–Trinajstić information content (AvgIpc) is 3.21. The molecular formula is C13H15NO3S2. The van der Waals surface area contributed by atoms with Crippen molar-refractivity contribution in [3.8, 4) is 0 Å². The zero-order chi connectivity index (χ0) is 13.7. The van der Waals surface area contributed by atoms with Gasteiger partial charge in [0.15, 0.2) is 0 Å². The van der Waals surface area contributed by atoms with Crippen LogP contribution in [0.4, 0.5) is 4.79 Å². The molecule has 1 aromatic carbocycles. The summed E-state index contributed by atoms with van der Waals surface area (Å²) < 4.78 is 5.37. The molecule has 0 spiro atoms. The summed E-state index contributed by atoms with van der Waals surface area (Å²) in [6, 6.07) is 9.91. The van der Waals surface area contributed by atoms with Crippen LogP contribution in [0.2, 0.25) is 0 Å². The van der Waals surface area contributed by atoms with Crippen LogP contribution in [0.3, 0.4) is 0 Å². The molecule has 1 N–H and O–H groups in total. The second-order valence-corrected chi connectivity index (χ2v) is 6.02.